The molecule has 0 radical (unpaired) electrons. The molecule has 106 valence electrons. The maximum absolute atomic E-state index is 11.6. The fraction of sp³-hybridized carbons (Fsp3) is 0.533. The average molecular weight is 266 g/mol. The van der Waals surface area contributed by atoms with Crippen molar-refractivity contribution in [2.45, 2.75) is 39.4 Å². The molecule has 0 saturated heterocycles. The summed E-state index contributed by atoms with van der Waals surface area (Å²) in [6.07, 6.45) is -0.0909. The van der Waals surface area contributed by atoms with Crippen molar-refractivity contribution in [1.29, 1.82) is 0 Å². The van der Waals surface area contributed by atoms with Gasteiger partial charge in [0.05, 0.1) is 19.8 Å². The van der Waals surface area contributed by atoms with Crippen molar-refractivity contribution in [3.63, 3.8) is 0 Å². The maximum atomic E-state index is 11.6. The number of hydrogen-bond acceptors (Lipinski definition) is 4. The molecule has 0 spiro atoms. The second-order valence-corrected chi connectivity index (χ2v) is 4.48. The van der Waals surface area contributed by atoms with Gasteiger partial charge in [0, 0.05) is 6.42 Å². The van der Waals surface area contributed by atoms with E-state index in [2.05, 4.69) is 0 Å². The minimum Gasteiger partial charge on any atom is -0.494 e. The van der Waals surface area contributed by atoms with Gasteiger partial charge in [-0.3, -0.25) is 0 Å². The normalized spacial score (nSPS) is 12.3. The zero-order valence-electron chi connectivity index (χ0n) is 12.0. The van der Waals surface area contributed by atoms with Gasteiger partial charge < -0.3 is 14.2 Å². The molecule has 0 aliphatic carbocycles. The highest BCUT2D eigenvalue weighted by Gasteiger charge is 2.21. The predicted molar refractivity (Wildman–Crippen MR) is 73.3 cm³/mol. The third kappa shape index (κ3) is 5.30. The molecule has 1 aromatic carbocycles. The smallest absolute Gasteiger partial charge is 0.335 e. The minimum atomic E-state index is -0.567. The largest absolute Gasteiger partial charge is 0.494 e. The van der Waals surface area contributed by atoms with Gasteiger partial charge in [-0.1, -0.05) is 12.1 Å². The molecular formula is C15H22O4. The topological polar surface area (TPSA) is 44.8 Å². The van der Waals surface area contributed by atoms with Crippen molar-refractivity contribution in [2.75, 3.05) is 13.7 Å². The Kier molecular flexibility index (Phi) is 6.36. The molecule has 1 rings (SSSR count). The highest BCUT2D eigenvalue weighted by Crippen LogP contribution is 2.15. The van der Waals surface area contributed by atoms with Crippen molar-refractivity contribution in [3.8, 4) is 5.75 Å². The Labute approximate surface area is 114 Å². The fourth-order valence-corrected chi connectivity index (χ4v) is 1.75. The Morgan fingerprint density at radius 3 is 2.32 bits per heavy atom. The van der Waals surface area contributed by atoms with E-state index in [1.807, 2.05) is 45.0 Å². The first-order valence-corrected chi connectivity index (χ1v) is 6.51. The van der Waals surface area contributed by atoms with Gasteiger partial charge in [0.15, 0.2) is 6.10 Å². The molecule has 0 bridgehead atoms. The fourth-order valence-electron chi connectivity index (χ4n) is 1.75. The molecule has 0 aliphatic rings. The third-order valence-electron chi connectivity index (χ3n) is 2.56. The molecule has 1 atom stereocenters. The average Bonchev–Trinajstić information content (AvgIpc) is 2.39. The van der Waals surface area contributed by atoms with Gasteiger partial charge in [0.25, 0.3) is 0 Å². The standard InChI is InChI=1S/C15H22O4/c1-5-18-13-8-6-12(7-9-13)10-14(15(16)17-4)19-11(2)3/h6-9,11,14H,5,10H2,1-4H3/t14-/m0/s1. The maximum Gasteiger partial charge on any atom is 0.335 e. The van der Waals surface area contributed by atoms with Crippen LogP contribution in [-0.4, -0.2) is 31.9 Å². The molecule has 0 saturated carbocycles. The van der Waals surface area contributed by atoms with Crippen LogP contribution in [0.15, 0.2) is 24.3 Å². The van der Waals surface area contributed by atoms with Crippen molar-refractivity contribution >= 4 is 5.97 Å². The Balaban J connectivity index is 2.69. The summed E-state index contributed by atoms with van der Waals surface area (Å²) in [4.78, 5) is 11.6. The zero-order chi connectivity index (χ0) is 14.3. The van der Waals surface area contributed by atoms with Crippen LogP contribution in [0.4, 0.5) is 0 Å². The zero-order valence-corrected chi connectivity index (χ0v) is 12.0. The van der Waals surface area contributed by atoms with Crippen molar-refractivity contribution in [1.82, 2.24) is 0 Å². The van der Waals surface area contributed by atoms with Gasteiger partial charge in [0.1, 0.15) is 5.75 Å². The third-order valence-corrected chi connectivity index (χ3v) is 2.56. The van der Waals surface area contributed by atoms with Crippen LogP contribution in [0.5, 0.6) is 5.75 Å². The minimum absolute atomic E-state index is 0.0215. The van der Waals surface area contributed by atoms with Crippen LogP contribution < -0.4 is 4.74 Å². The van der Waals surface area contributed by atoms with E-state index in [9.17, 15) is 4.79 Å². The molecule has 0 fully saturated rings. The molecule has 0 unspecified atom stereocenters. The van der Waals surface area contributed by atoms with E-state index in [1.54, 1.807) is 0 Å². The molecule has 4 heteroatoms. The summed E-state index contributed by atoms with van der Waals surface area (Å²) < 4.78 is 15.7. The van der Waals surface area contributed by atoms with Crippen LogP contribution in [0, 0.1) is 0 Å². The number of carbonyl (C=O) groups is 1. The summed E-state index contributed by atoms with van der Waals surface area (Å²) in [6, 6.07) is 7.65. The van der Waals surface area contributed by atoms with Crippen LogP contribution >= 0.6 is 0 Å². The summed E-state index contributed by atoms with van der Waals surface area (Å²) in [5.41, 5.74) is 1.01. The number of ether oxygens (including phenoxy) is 3. The summed E-state index contributed by atoms with van der Waals surface area (Å²) in [5.74, 6) is 0.480. The lowest BCUT2D eigenvalue weighted by Crippen LogP contribution is -2.30. The van der Waals surface area contributed by atoms with E-state index in [4.69, 9.17) is 14.2 Å². The lowest BCUT2D eigenvalue weighted by Gasteiger charge is -2.18. The van der Waals surface area contributed by atoms with Gasteiger partial charge in [0.2, 0.25) is 0 Å². The highest BCUT2D eigenvalue weighted by molar-refractivity contribution is 5.75. The summed E-state index contributed by atoms with van der Waals surface area (Å²) in [5, 5.41) is 0. The quantitative estimate of drug-likeness (QED) is 0.712. The SMILES string of the molecule is CCOc1ccc(C[C@H](OC(C)C)C(=O)OC)cc1. The molecule has 1 aromatic rings. The van der Waals surface area contributed by atoms with Crippen molar-refractivity contribution < 1.29 is 19.0 Å². The Morgan fingerprint density at radius 1 is 1.21 bits per heavy atom. The predicted octanol–water partition coefficient (Wildman–Crippen LogP) is 2.59. The summed E-state index contributed by atoms with van der Waals surface area (Å²) in [7, 11) is 1.37. The lowest BCUT2D eigenvalue weighted by molar-refractivity contribution is -0.156. The Morgan fingerprint density at radius 2 is 1.84 bits per heavy atom. The number of carbonyl (C=O) groups excluding carboxylic acids is 1. The second kappa shape index (κ2) is 7.79. The van der Waals surface area contributed by atoms with Gasteiger partial charge >= 0.3 is 5.97 Å². The van der Waals surface area contributed by atoms with E-state index >= 15 is 0 Å². The molecule has 19 heavy (non-hydrogen) atoms. The lowest BCUT2D eigenvalue weighted by atomic mass is 10.1. The molecule has 0 heterocycles. The van der Waals surface area contributed by atoms with Crippen LogP contribution in [0.3, 0.4) is 0 Å². The molecular weight excluding hydrogens is 244 g/mol. The number of esters is 1. The first-order chi connectivity index (χ1) is 9.06. The van der Waals surface area contributed by atoms with Gasteiger partial charge in [-0.2, -0.15) is 0 Å². The Hall–Kier alpha value is -1.55. The molecule has 4 nitrogen and oxygen atoms in total. The van der Waals surface area contributed by atoms with E-state index < -0.39 is 6.10 Å². The molecule has 0 N–H and O–H groups in total. The van der Waals surface area contributed by atoms with Crippen LogP contribution in [0.25, 0.3) is 0 Å². The Bertz CT molecular complexity index is 384. The van der Waals surface area contributed by atoms with Gasteiger partial charge in [-0.05, 0) is 38.5 Å². The monoisotopic (exact) mass is 266 g/mol. The highest BCUT2D eigenvalue weighted by atomic mass is 16.6. The van der Waals surface area contributed by atoms with Crippen LogP contribution in [0.1, 0.15) is 26.3 Å². The second-order valence-electron chi connectivity index (χ2n) is 4.48. The first kappa shape index (κ1) is 15.5. The van der Waals surface area contributed by atoms with Crippen LogP contribution in [-0.2, 0) is 20.7 Å². The number of hydrogen-bond donors (Lipinski definition) is 0. The summed E-state index contributed by atoms with van der Waals surface area (Å²) in [6.45, 7) is 6.38. The van der Waals surface area contributed by atoms with Crippen molar-refractivity contribution in [3.05, 3.63) is 29.8 Å². The number of rotatable bonds is 7. The van der Waals surface area contributed by atoms with Crippen molar-refractivity contribution in [2.24, 2.45) is 0 Å². The van der Waals surface area contributed by atoms with E-state index in [0.29, 0.717) is 13.0 Å². The first-order valence-electron chi connectivity index (χ1n) is 6.51. The van der Waals surface area contributed by atoms with E-state index in [0.717, 1.165) is 11.3 Å². The van der Waals surface area contributed by atoms with Gasteiger partial charge in [-0.15, -0.1) is 0 Å². The van der Waals surface area contributed by atoms with Gasteiger partial charge in [-0.25, -0.2) is 4.79 Å². The molecule has 0 amide bonds. The van der Waals surface area contributed by atoms with E-state index in [-0.39, 0.29) is 12.1 Å². The summed E-state index contributed by atoms with van der Waals surface area (Å²) >= 11 is 0. The number of benzene rings is 1. The molecule has 0 aromatic heterocycles. The number of methoxy groups -OCH3 is 1. The van der Waals surface area contributed by atoms with Crippen LogP contribution in [0.2, 0.25) is 0 Å². The molecule has 0 aliphatic heterocycles. The van der Waals surface area contributed by atoms with E-state index in [1.165, 1.54) is 7.11 Å².